The monoisotopic (exact) mass is 460 g/mol. The van der Waals surface area contributed by atoms with Crippen molar-refractivity contribution in [3.8, 4) is 0 Å². The molecular weight excluding hydrogens is 453 g/mol. The standard InChI is InChI=1S/2C5H5.3BrH.Nb/c2*1-2-4-5-3-1;;;;/h2*1-5H;3*1H;/q2*-1;;;;+3/p-3. The second-order valence-corrected chi connectivity index (χ2v) is 32.5. The molecule has 78 valence electrons. The van der Waals surface area contributed by atoms with Crippen molar-refractivity contribution in [2.24, 2.45) is 0 Å². The molecule has 0 aromatic heterocycles. The SMILES string of the molecule is [Br][Nb]([Br])[Br].c1cc[cH-]c1.c1cc[cH-]c1. The maximum atomic E-state index is 3.29. The van der Waals surface area contributed by atoms with E-state index in [1.165, 1.54) is 0 Å². The first kappa shape index (κ1) is 14.9. The Morgan fingerprint density at radius 3 is 0.929 bits per heavy atom. The molecule has 0 amide bonds. The molecule has 0 bridgehead atoms. The van der Waals surface area contributed by atoms with Gasteiger partial charge in [0.2, 0.25) is 0 Å². The zero-order valence-electron chi connectivity index (χ0n) is 7.35. The van der Waals surface area contributed by atoms with Gasteiger partial charge in [0.05, 0.1) is 0 Å². The van der Waals surface area contributed by atoms with Crippen molar-refractivity contribution in [2.45, 2.75) is 0 Å². The summed E-state index contributed by atoms with van der Waals surface area (Å²) in [6, 6.07) is 20.0. The van der Waals surface area contributed by atoms with Gasteiger partial charge in [-0.3, -0.25) is 0 Å². The number of hydrogen-bond acceptors (Lipinski definition) is 0. The normalized spacial score (nSPS) is 8.29. The van der Waals surface area contributed by atoms with Crippen LogP contribution in [0.5, 0.6) is 0 Å². The van der Waals surface area contributed by atoms with Crippen LogP contribution in [0.25, 0.3) is 0 Å². The van der Waals surface area contributed by atoms with Crippen LogP contribution in [0.3, 0.4) is 0 Å². The molecule has 0 spiro atoms. The summed E-state index contributed by atoms with van der Waals surface area (Å²) >= 11 is 8.85. The molecule has 0 saturated carbocycles. The van der Waals surface area contributed by atoms with E-state index in [1.54, 1.807) is 0 Å². The van der Waals surface area contributed by atoms with Crippen molar-refractivity contribution in [3.63, 3.8) is 0 Å². The number of hydrogen-bond donors (Lipinski definition) is 0. The average molecular weight is 463 g/mol. The predicted molar refractivity (Wildman–Crippen MR) is 70.9 cm³/mol. The maximum absolute atomic E-state index is 3.29. The van der Waals surface area contributed by atoms with Gasteiger partial charge in [-0.1, -0.05) is 0 Å². The molecule has 4 heteroatoms. The quantitative estimate of drug-likeness (QED) is 0.366. The topological polar surface area (TPSA) is 0 Å². The molecule has 0 N–H and O–H groups in total. The zero-order chi connectivity index (χ0) is 10.6. The minimum absolute atomic E-state index is 1.01. The van der Waals surface area contributed by atoms with E-state index in [1.807, 2.05) is 60.7 Å². The van der Waals surface area contributed by atoms with Crippen LogP contribution in [0.2, 0.25) is 0 Å². The van der Waals surface area contributed by atoms with E-state index >= 15 is 0 Å². The summed E-state index contributed by atoms with van der Waals surface area (Å²) in [6.07, 6.45) is 0. The molecule has 0 atom stereocenters. The second-order valence-electron chi connectivity index (χ2n) is 2.12. The molecule has 2 aromatic rings. The van der Waals surface area contributed by atoms with E-state index in [-0.39, 0.29) is 0 Å². The summed E-state index contributed by atoms with van der Waals surface area (Å²) in [5.74, 6) is 0. The van der Waals surface area contributed by atoms with Gasteiger partial charge in [-0.05, 0) is 0 Å². The van der Waals surface area contributed by atoms with Crippen LogP contribution in [0.1, 0.15) is 0 Å². The summed E-state index contributed by atoms with van der Waals surface area (Å²) in [5.41, 5.74) is 0. The second kappa shape index (κ2) is 12.0. The smallest absolute Gasteiger partial charge is 0.172 e. The fourth-order valence-corrected chi connectivity index (χ4v) is 0.642. The summed E-state index contributed by atoms with van der Waals surface area (Å²) < 4.78 is 0. The van der Waals surface area contributed by atoms with Crippen molar-refractivity contribution in [1.82, 2.24) is 0 Å². The average Bonchev–Trinajstić information content (AvgIpc) is 2.83. The van der Waals surface area contributed by atoms with Gasteiger partial charge >= 0.3 is 51.1 Å². The summed E-state index contributed by atoms with van der Waals surface area (Å²) in [6.45, 7) is 0. The third-order valence-electron chi connectivity index (χ3n) is 1.11. The molecule has 0 aliphatic rings. The Morgan fingerprint density at radius 1 is 0.643 bits per heavy atom. The van der Waals surface area contributed by atoms with Crippen molar-refractivity contribution < 1.29 is 12.0 Å². The molecule has 0 saturated heterocycles. The molecule has 0 aliphatic carbocycles. The molecular formula is C10H10Br3Nb-2. The molecule has 0 radical (unpaired) electrons. The Labute approximate surface area is 110 Å². The van der Waals surface area contributed by atoms with Crippen molar-refractivity contribution in [2.75, 3.05) is 0 Å². The fraction of sp³-hybridized carbons (Fsp3) is 0. The third kappa shape index (κ3) is 15.4. The summed E-state index contributed by atoms with van der Waals surface area (Å²) in [5, 5.41) is 0. The van der Waals surface area contributed by atoms with Gasteiger partial charge in [-0.2, -0.15) is 36.4 Å². The Bertz CT molecular complexity index is 187. The van der Waals surface area contributed by atoms with E-state index in [2.05, 4.69) is 39.1 Å². The first-order chi connectivity index (χ1) is 6.73. The van der Waals surface area contributed by atoms with Crippen LogP contribution in [-0.2, 0) is 12.0 Å². The fourth-order valence-electron chi connectivity index (χ4n) is 0.642. The van der Waals surface area contributed by atoms with Gasteiger partial charge in [0.1, 0.15) is 0 Å². The van der Waals surface area contributed by atoms with Gasteiger partial charge in [-0.25, -0.2) is 24.3 Å². The minimum atomic E-state index is -1.01. The number of rotatable bonds is 0. The maximum Gasteiger partial charge on any atom is -0.172 e. The van der Waals surface area contributed by atoms with Crippen LogP contribution in [0.15, 0.2) is 60.7 Å². The van der Waals surface area contributed by atoms with Gasteiger partial charge in [-0.15, -0.1) is 0 Å². The van der Waals surface area contributed by atoms with Gasteiger partial charge in [0.25, 0.3) is 0 Å². The Hall–Kier alpha value is 0.880. The van der Waals surface area contributed by atoms with E-state index in [0.29, 0.717) is 0 Å². The first-order valence-electron chi connectivity index (χ1n) is 3.84. The van der Waals surface area contributed by atoms with E-state index in [9.17, 15) is 0 Å². The Balaban J connectivity index is 0.000000183. The zero-order valence-corrected chi connectivity index (χ0v) is 14.3. The molecule has 0 nitrogen and oxygen atoms in total. The van der Waals surface area contributed by atoms with Gasteiger partial charge < -0.3 is 0 Å². The number of halogens is 3. The molecule has 0 heterocycles. The largest absolute Gasteiger partial charge is 0.214 e. The summed E-state index contributed by atoms with van der Waals surface area (Å²) in [7, 11) is 0. The third-order valence-corrected chi connectivity index (χ3v) is 1.11. The molecule has 0 unspecified atom stereocenters. The minimum Gasteiger partial charge on any atom is -0.214 e. The van der Waals surface area contributed by atoms with E-state index in [0.717, 1.165) is 0 Å². The predicted octanol–water partition coefficient (Wildman–Crippen LogP) is 5.35. The van der Waals surface area contributed by atoms with E-state index in [4.69, 9.17) is 0 Å². The molecule has 14 heavy (non-hydrogen) atoms. The summed E-state index contributed by atoms with van der Waals surface area (Å²) in [4.78, 5) is 0. The van der Waals surface area contributed by atoms with Crippen molar-refractivity contribution in [3.05, 3.63) is 60.7 Å². The molecule has 0 fully saturated rings. The van der Waals surface area contributed by atoms with Gasteiger partial charge in [0.15, 0.2) is 0 Å². The van der Waals surface area contributed by atoms with Crippen molar-refractivity contribution in [1.29, 1.82) is 0 Å². The molecule has 2 rings (SSSR count). The Kier molecular flexibility index (Phi) is 12.7. The molecule has 0 aliphatic heterocycles. The van der Waals surface area contributed by atoms with Crippen LogP contribution in [0.4, 0.5) is 0 Å². The van der Waals surface area contributed by atoms with Crippen LogP contribution in [-0.4, -0.2) is 0 Å². The molecule has 2 aromatic carbocycles. The van der Waals surface area contributed by atoms with E-state index < -0.39 is 12.0 Å². The Morgan fingerprint density at radius 2 is 0.857 bits per heavy atom. The van der Waals surface area contributed by atoms with Crippen LogP contribution in [0, 0.1) is 0 Å². The first-order valence-corrected chi connectivity index (χ1v) is 18.9. The van der Waals surface area contributed by atoms with Crippen molar-refractivity contribution >= 4 is 39.1 Å². The van der Waals surface area contributed by atoms with Crippen LogP contribution >= 0.6 is 39.1 Å². The van der Waals surface area contributed by atoms with Crippen LogP contribution < -0.4 is 0 Å². The van der Waals surface area contributed by atoms with Gasteiger partial charge in [0, 0.05) is 0 Å².